The molecule has 1 saturated carbocycles. The Morgan fingerprint density at radius 1 is 1.20 bits per heavy atom. The Bertz CT molecular complexity index is 664. The monoisotopic (exact) mass is 344 g/mol. The number of hydrogen-bond donors (Lipinski definition) is 1. The summed E-state index contributed by atoms with van der Waals surface area (Å²) < 4.78 is 5.31. The summed E-state index contributed by atoms with van der Waals surface area (Å²) in [5.41, 5.74) is 0.853. The third-order valence-electron chi connectivity index (χ3n) is 5.22. The SMILES string of the molecule is COc1ccccc1C(C)NC(=O)CN1C(=O)C2CCCCC2C1=O. The maximum atomic E-state index is 12.4. The van der Waals surface area contributed by atoms with Crippen LogP contribution in [0.4, 0.5) is 0 Å². The van der Waals surface area contributed by atoms with Crippen molar-refractivity contribution < 1.29 is 19.1 Å². The van der Waals surface area contributed by atoms with Gasteiger partial charge in [-0.25, -0.2) is 0 Å². The Morgan fingerprint density at radius 3 is 2.40 bits per heavy atom. The summed E-state index contributed by atoms with van der Waals surface area (Å²) in [6.07, 6.45) is 3.46. The van der Waals surface area contributed by atoms with Crippen LogP contribution in [0.25, 0.3) is 0 Å². The zero-order valence-electron chi connectivity index (χ0n) is 14.7. The molecule has 1 N–H and O–H groups in total. The molecule has 3 atom stereocenters. The Hall–Kier alpha value is -2.37. The summed E-state index contributed by atoms with van der Waals surface area (Å²) in [4.78, 5) is 38.4. The predicted octanol–water partition coefficient (Wildman–Crippen LogP) is 2.05. The van der Waals surface area contributed by atoms with Gasteiger partial charge in [0.15, 0.2) is 0 Å². The predicted molar refractivity (Wildman–Crippen MR) is 91.7 cm³/mol. The average Bonchev–Trinajstić information content (AvgIpc) is 2.87. The first-order valence-electron chi connectivity index (χ1n) is 8.80. The quantitative estimate of drug-likeness (QED) is 0.830. The molecule has 2 aliphatic rings. The number of methoxy groups -OCH3 is 1. The lowest BCUT2D eigenvalue weighted by Crippen LogP contribution is -2.41. The van der Waals surface area contributed by atoms with Crippen LogP contribution in [-0.2, 0) is 14.4 Å². The minimum absolute atomic E-state index is 0.185. The molecule has 1 aliphatic carbocycles. The number of para-hydroxylation sites is 1. The van der Waals surface area contributed by atoms with Crippen molar-refractivity contribution in [3.05, 3.63) is 29.8 Å². The van der Waals surface area contributed by atoms with Crippen molar-refractivity contribution in [1.29, 1.82) is 0 Å². The van der Waals surface area contributed by atoms with E-state index in [0.717, 1.165) is 36.1 Å². The fraction of sp³-hybridized carbons (Fsp3) is 0.526. The van der Waals surface area contributed by atoms with Gasteiger partial charge in [-0.2, -0.15) is 0 Å². The minimum atomic E-state index is -0.334. The number of likely N-dealkylation sites (tertiary alicyclic amines) is 1. The molecule has 25 heavy (non-hydrogen) atoms. The van der Waals surface area contributed by atoms with Crippen molar-refractivity contribution >= 4 is 17.7 Å². The molecule has 3 amide bonds. The van der Waals surface area contributed by atoms with Gasteiger partial charge in [-0.05, 0) is 25.8 Å². The van der Waals surface area contributed by atoms with Crippen LogP contribution < -0.4 is 10.1 Å². The van der Waals surface area contributed by atoms with Gasteiger partial charge in [-0.1, -0.05) is 31.0 Å². The normalized spacial score (nSPS) is 24.0. The van der Waals surface area contributed by atoms with Gasteiger partial charge in [-0.15, -0.1) is 0 Å². The first-order valence-corrected chi connectivity index (χ1v) is 8.80. The zero-order valence-corrected chi connectivity index (χ0v) is 14.7. The minimum Gasteiger partial charge on any atom is -0.496 e. The van der Waals surface area contributed by atoms with Crippen molar-refractivity contribution in [2.45, 2.75) is 38.6 Å². The molecule has 1 aromatic carbocycles. The summed E-state index contributed by atoms with van der Waals surface area (Å²) in [6, 6.07) is 7.17. The van der Waals surface area contributed by atoms with E-state index in [0.29, 0.717) is 5.75 Å². The van der Waals surface area contributed by atoms with E-state index < -0.39 is 0 Å². The summed E-state index contributed by atoms with van der Waals surface area (Å²) in [7, 11) is 1.58. The number of nitrogens with zero attached hydrogens (tertiary/aromatic N) is 1. The van der Waals surface area contributed by atoms with Crippen LogP contribution in [0.1, 0.15) is 44.2 Å². The molecule has 1 aromatic rings. The van der Waals surface area contributed by atoms with Gasteiger partial charge in [0, 0.05) is 5.56 Å². The fourth-order valence-electron chi connectivity index (χ4n) is 3.92. The standard InChI is InChI=1S/C19H24N2O4/c1-12(13-7-5-6-10-16(13)25-2)20-17(22)11-21-18(23)14-8-3-4-9-15(14)19(21)24/h5-7,10,12,14-15H,3-4,8-9,11H2,1-2H3,(H,20,22). The molecule has 0 bridgehead atoms. The van der Waals surface area contributed by atoms with Crippen molar-refractivity contribution in [3.63, 3.8) is 0 Å². The number of nitrogens with one attached hydrogen (secondary N) is 1. The number of carbonyl (C=O) groups is 3. The molecule has 0 spiro atoms. The average molecular weight is 344 g/mol. The molecule has 1 saturated heterocycles. The smallest absolute Gasteiger partial charge is 0.240 e. The second-order valence-corrected chi connectivity index (χ2v) is 6.79. The van der Waals surface area contributed by atoms with Crippen LogP contribution in [0.2, 0.25) is 0 Å². The summed E-state index contributed by atoms with van der Waals surface area (Å²) in [6.45, 7) is 1.65. The first-order chi connectivity index (χ1) is 12.0. The Kier molecular flexibility index (Phi) is 5.06. The number of benzene rings is 1. The van der Waals surface area contributed by atoms with Gasteiger partial charge in [-0.3, -0.25) is 19.3 Å². The van der Waals surface area contributed by atoms with Gasteiger partial charge < -0.3 is 10.1 Å². The highest BCUT2D eigenvalue weighted by atomic mass is 16.5. The van der Waals surface area contributed by atoms with Crippen LogP contribution in [0, 0.1) is 11.8 Å². The van der Waals surface area contributed by atoms with Crippen molar-refractivity contribution in [3.8, 4) is 5.75 Å². The highest BCUT2D eigenvalue weighted by Crippen LogP contribution is 2.37. The molecule has 134 valence electrons. The number of hydrogen-bond acceptors (Lipinski definition) is 4. The Labute approximate surface area is 147 Å². The lowest BCUT2D eigenvalue weighted by Gasteiger charge is -2.19. The van der Waals surface area contributed by atoms with Gasteiger partial charge in [0.05, 0.1) is 25.0 Å². The van der Waals surface area contributed by atoms with Crippen LogP contribution in [-0.4, -0.2) is 36.3 Å². The van der Waals surface area contributed by atoms with Crippen LogP contribution in [0.5, 0.6) is 5.75 Å². The largest absolute Gasteiger partial charge is 0.496 e. The number of carbonyl (C=O) groups excluding carboxylic acids is 3. The maximum Gasteiger partial charge on any atom is 0.240 e. The number of ether oxygens (including phenoxy) is 1. The number of imide groups is 1. The molecule has 0 radical (unpaired) electrons. The third-order valence-corrected chi connectivity index (χ3v) is 5.22. The van der Waals surface area contributed by atoms with Crippen LogP contribution in [0.15, 0.2) is 24.3 Å². The van der Waals surface area contributed by atoms with Gasteiger partial charge in [0.2, 0.25) is 17.7 Å². The van der Waals surface area contributed by atoms with E-state index in [1.54, 1.807) is 7.11 Å². The van der Waals surface area contributed by atoms with Crippen LogP contribution in [0.3, 0.4) is 0 Å². The third kappa shape index (κ3) is 3.38. The molecule has 1 heterocycles. The highest BCUT2D eigenvalue weighted by molar-refractivity contribution is 6.07. The van der Waals surface area contributed by atoms with Gasteiger partial charge in [0.1, 0.15) is 12.3 Å². The molecule has 0 aromatic heterocycles. The van der Waals surface area contributed by atoms with E-state index in [4.69, 9.17) is 4.74 Å². The first kappa shape index (κ1) is 17.5. The fourth-order valence-corrected chi connectivity index (χ4v) is 3.92. The maximum absolute atomic E-state index is 12.4. The van der Waals surface area contributed by atoms with E-state index in [2.05, 4.69) is 5.32 Å². The molecular weight excluding hydrogens is 320 g/mol. The van der Waals surface area contributed by atoms with E-state index in [9.17, 15) is 14.4 Å². The number of rotatable bonds is 5. The van der Waals surface area contributed by atoms with E-state index in [-0.39, 0.29) is 42.1 Å². The summed E-state index contributed by atoms with van der Waals surface area (Å²) in [5.74, 6) is -0.459. The Morgan fingerprint density at radius 2 is 1.80 bits per heavy atom. The summed E-state index contributed by atoms with van der Waals surface area (Å²) in [5, 5.41) is 2.86. The molecule has 3 unspecified atom stereocenters. The van der Waals surface area contributed by atoms with E-state index in [1.807, 2.05) is 31.2 Å². The second kappa shape index (κ2) is 7.25. The highest BCUT2D eigenvalue weighted by Gasteiger charge is 2.48. The second-order valence-electron chi connectivity index (χ2n) is 6.79. The number of fused-ring (bicyclic) bond motifs is 1. The topological polar surface area (TPSA) is 75.7 Å². The lowest BCUT2D eigenvalue weighted by atomic mass is 9.81. The Balaban J connectivity index is 1.64. The zero-order chi connectivity index (χ0) is 18.0. The van der Waals surface area contributed by atoms with Crippen molar-refractivity contribution in [2.75, 3.05) is 13.7 Å². The lowest BCUT2D eigenvalue weighted by molar-refractivity contribution is -0.143. The van der Waals surface area contributed by atoms with Crippen molar-refractivity contribution in [2.24, 2.45) is 11.8 Å². The van der Waals surface area contributed by atoms with E-state index in [1.165, 1.54) is 0 Å². The molecular formula is C19H24N2O4. The van der Waals surface area contributed by atoms with Crippen LogP contribution >= 0.6 is 0 Å². The molecule has 6 heteroatoms. The molecule has 6 nitrogen and oxygen atoms in total. The van der Waals surface area contributed by atoms with Crippen molar-refractivity contribution in [1.82, 2.24) is 10.2 Å². The molecule has 3 rings (SSSR count). The molecule has 2 fully saturated rings. The van der Waals surface area contributed by atoms with Gasteiger partial charge >= 0.3 is 0 Å². The van der Waals surface area contributed by atoms with Gasteiger partial charge in [0.25, 0.3) is 0 Å². The van der Waals surface area contributed by atoms with E-state index >= 15 is 0 Å². The number of amides is 3. The summed E-state index contributed by atoms with van der Waals surface area (Å²) >= 11 is 0. The molecule has 1 aliphatic heterocycles.